The molecule has 2 heterocycles. The summed E-state index contributed by atoms with van der Waals surface area (Å²) in [6, 6.07) is 11.1. The van der Waals surface area contributed by atoms with E-state index in [0.717, 1.165) is 5.75 Å². The summed E-state index contributed by atoms with van der Waals surface area (Å²) in [5.74, 6) is 0.489. The van der Waals surface area contributed by atoms with E-state index in [0.29, 0.717) is 31.8 Å². The number of likely N-dealkylation sites (tertiary alicyclic amines) is 1. The van der Waals surface area contributed by atoms with Crippen LogP contribution in [0.25, 0.3) is 0 Å². The van der Waals surface area contributed by atoms with Crippen molar-refractivity contribution in [3.8, 4) is 5.75 Å². The zero-order valence-electron chi connectivity index (χ0n) is 14.3. The summed E-state index contributed by atoms with van der Waals surface area (Å²) in [5, 5.41) is 0. The van der Waals surface area contributed by atoms with Gasteiger partial charge in [-0.1, -0.05) is 18.2 Å². The molecule has 132 valence electrons. The van der Waals surface area contributed by atoms with Crippen molar-refractivity contribution in [2.45, 2.75) is 18.9 Å². The Morgan fingerprint density at radius 2 is 2.12 bits per heavy atom. The lowest BCUT2D eigenvalue weighted by Gasteiger charge is -2.27. The van der Waals surface area contributed by atoms with Crippen molar-refractivity contribution in [3.05, 3.63) is 58.3 Å². The molecule has 0 unspecified atom stereocenters. The van der Waals surface area contributed by atoms with Crippen molar-refractivity contribution >= 4 is 5.91 Å². The first-order valence-corrected chi connectivity index (χ1v) is 8.12. The fourth-order valence-corrected chi connectivity index (χ4v) is 2.94. The summed E-state index contributed by atoms with van der Waals surface area (Å²) in [6.07, 6.45) is 0.657. The van der Waals surface area contributed by atoms with Crippen molar-refractivity contribution in [3.63, 3.8) is 0 Å². The highest BCUT2D eigenvalue weighted by molar-refractivity contribution is 5.92. The largest absolute Gasteiger partial charge is 0.491 e. The number of hydrogen-bond donors (Lipinski definition) is 1. The first-order valence-electron chi connectivity index (χ1n) is 8.12. The molecule has 1 saturated heterocycles. The van der Waals surface area contributed by atoms with E-state index >= 15 is 0 Å². The molecule has 1 aromatic carbocycles. The molecule has 1 atom stereocenters. The van der Waals surface area contributed by atoms with E-state index in [1.54, 1.807) is 25.0 Å². The number of methoxy groups -OCH3 is 1. The van der Waals surface area contributed by atoms with Gasteiger partial charge in [-0.15, -0.1) is 0 Å². The van der Waals surface area contributed by atoms with Gasteiger partial charge >= 0.3 is 5.69 Å². The van der Waals surface area contributed by atoms with E-state index in [1.807, 2.05) is 30.3 Å². The molecule has 1 aromatic heterocycles. The monoisotopic (exact) mass is 343 g/mol. The maximum atomic E-state index is 12.6. The number of nitrogens with zero attached hydrogens (tertiary/aromatic N) is 2. The second-order valence-electron chi connectivity index (χ2n) is 6.22. The van der Waals surface area contributed by atoms with Gasteiger partial charge in [0.2, 0.25) is 0 Å². The maximum absolute atomic E-state index is 12.6. The Balaban J connectivity index is 1.69. The van der Waals surface area contributed by atoms with E-state index in [1.165, 1.54) is 0 Å². The minimum Gasteiger partial charge on any atom is -0.491 e. The SMILES string of the molecule is CO[C@@]1(COc2ccccc2)CCN(C(=O)c2cc(C)[nH]c(=O)n2)C1. The lowest BCUT2D eigenvalue weighted by atomic mass is 10.0. The van der Waals surface area contributed by atoms with E-state index in [4.69, 9.17) is 9.47 Å². The first kappa shape index (κ1) is 17.2. The van der Waals surface area contributed by atoms with E-state index in [2.05, 4.69) is 9.97 Å². The van der Waals surface area contributed by atoms with Crippen LogP contribution in [0.2, 0.25) is 0 Å². The number of ether oxygens (including phenoxy) is 2. The fourth-order valence-electron chi connectivity index (χ4n) is 2.94. The number of carbonyl (C=O) groups is 1. The van der Waals surface area contributed by atoms with Crippen LogP contribution in [-0.4, -0.2) is 53.2 Å². The van der Waals surface area contributed by atoms with Gasteiger partial charge < -0.3 is 19.4 Å². The molecule has 1 aliphatic rings. The third-order valence-electron chi connectivity index (χ3n) is 4.38. The topological polar surface area (TPSA) is 84.5 Å². The van der Waals surface area contributed by atoms with Crippen molar-refractivity contribution in [2.75, 3.05) is 26.8 Å². The molecule has 0 spiro atoms. The molecule has 0 bridgehead atoms. The number of aromatic amines is 1. The standard InChI is InChI=1S/C18H21N3O4/c1-13-10-15(20-17(23)19-13)16(22)21-9-8-18(11-21,24-2)12-25-14-6-4-3-5-7-14/h3-7,10H,8-9,11-12H2,1-2H3,(H,19,20,23)/t18-/m0/s1. The van der Waals surface area contributed by atoms with Crippen molar-refractivity contribution in [1.29, 1.82) is 0 Å². The fraction of sp³-hybridized carbons (Fsp3) is 0.389. The van der Waals surface area contributed by atoms with Crippen LogP contribution in [0.4, 0.5) is 0 Å². The van der Waals surface area contributed by atoms with E-state index < -0.39 is 11.3 Å². The Labute approximate surface area is 145 Å². The van der Waals surface area contributed by atoms with Gasteiger partial charge in [0.25, 0.3) is 5.91 Å². The van der Waals surface area contributed by atoms with Crippen molar-refractivity contribution in [1.82, 2.24) is 14.9 Å². The van der Waals surface area contributed by atoms with E-state index in [9.17, 15) is 9.59 Å². The zero-order chi connectivity index (χ0) is 17.9. The molecule has 3 rings (SSSR count). The Hall–Kier alpha value is -2.67. The van der Waals surface area contributed by atoms with Gasteiger partial charge in [-0.2, -0.15) is 4.98 Å². The number of para-hydroxylation sites is 1. The van der Waals surface area contributed by atoms with Crippen LogP contribution in [0, 0.1) is 6.92 Å². The van der Waals surface area contributed by atoms with Gasteiger partial charge in [0.05, 0.1) is 6.54 Å². The molecule has 1 aliphatic heterocycles. The summed E-state index contributed by atoms with van der Waals surface area (Å²) in [4.78, 5) is 32.1. The lowest BCUT2D eigenvalue weighted by molar-refractivity contribution is -0.0342. The number of benzene rings is 1. The third kappa shape index (κ3) is 3.88. The van der Waals surface area contributed by atoms with Crippen LogP contribution in [0.15, 0.2) is 41.2 Å². The second-order valence-corrected chi connectivity index (χ2v) is 6.22. The van der Waals surface area contributed by atoms with Crippen LogP contribution in [-0.2, 0) is 4.74 Å². The summed E-state index contributed by atoms with van der Waals surface area (Å²) in [6.45, 7) is 2.98. The number of hydrogen-bond acceptors (Lipinski definition) is 5. The average molecular weight is 343 g/mol. The number of amides is 1. The van der Waals surface area contributed by atoms with Gasteiger partial charge in [-0.3, -0.25) is 4.79 Å². The Morgan fingerprint density at radius 1 is 1.36 bits per heavy atom. The Kier molecular flexibility index (Phi) is 4.85. The highest BCUT2D eigenvalue weighted by Crippen LogP contribution is 2.27. The van der Waals surface area contributed by atoms with E-state index in [-0.39, 0.29) is 11.6 Å². The molecule has 1 amide bonds. The molecule has 2 aromatic rings. The number of nitrogens with one attached hydrogen (secondary N) is 1. The highest BCUT2D eigenvalue weighted by atomic mass is 16.5. The number of H-pyrrole nitrogens is 1. The number of rotatable bonds is 5. The predicted molar refractivity (Wildman–Crippen MR) is 91.8 cm³/mol. The lowest BCUT2D eigenvalue weighted by Crippen LogP contribution is -2.42. The molecule has 7 nitrogen and oxygen atoms in total. The van der Waals surface area contributed by atoms with Gasteiger partial charge in [0, 0.05) is 19.3 Å². The summed E-state index contributed by atoms with van der Waals surface area (Å²) in [5.41, 5.74) is -0.333. The van der Waals surface area contributed by atoms with Gasteiger partial charge in [-0.25, -0.2) is 4.79 Å². The molecule has 1 fully saturated rings. The Morgan fingerprint density at radius 3 is 2.80 bits per heavy atom. The van der Waals surface area contributed by atoms with Crippen molar-refractivity contribution < 1.29 is 14.3 Å². The number of aromatic nitrogens is 2. The third-order valence-corrected chi connectivity index (χ3v) is 4.38. The minimum atomic E-state index is -0.568. The molecule has 0 aliphatic carbocycles. The second kappa shape index (κ2) is 7.06. The quantitative estimate of drug-likeness (QED) is 0.887. The van der Waals surface area contributed by atoms with Gasteiger partial charge in [0.15, 0.2) is 0 Å². The van der Waals surface area contributed by atoms with Crippen LogP contribution in [0.3, 0.4) is 0 Å². The predicted octanol–water partition coefficient (Wildman–Crippen LogP) is 1.39. The first-order chi connectivity index (χ1) is 12.0. The van der Waals surface area contributed by atoms with Crippen LogP contribution in [0.5, 0.6) is 5.75 Å². The van der Waals surface area contributed by atoms with Crippen molar-refractivity contribution in [2.24, 2.45) is 0 Å². The molecule has 25 heavy (non-hydrogen) atoms. The number of carbonyl (C=O) groups excluding carboxylic acids is 1. The highest BCUT2D eigenvalue weighted by Gasteiger charge is 2.41. The zero-order valence-corrected chi connectivity index (χ0v) is 14.3. The maximum Gasteiger partial charge on any atom is 0.345 e. The summed E-state index contributed by atoms with van der Waals surface area (Å²) < 4.78 is 11.5. The molecule has 0 saturated carbocycles. The number of aryl methyl sites for hydroxylation is 1. The smallest absolute Gasteiger partial charge is 0.345 e. The molecule has 1 N–H and O–H groups in total. The van der Waals surface area contributed by atoms with Gasteiger partial charge in [0.1, 0.15) is 23.7 Å². The summed E-state index contributed by atoms with van der Waals surface area (Å²) in [7, 11) is 1.62. The molecule has 0 radical (unpaired) electrons. The van der Waals surface area contributed by atoms with Gasteiger partial charge in [-0.05, 0) is 31.5 Å². The Bertz CT molecular complexity index is 805. The van der Waals surface area contributed by atoms with Crippen LogP contribution < -0.4 is 10.4 Å². The molecule has 7 heteroatoms. The van der Waals surface area contributed by atoms with Crippen LogP contribution in [0.1, 0.15) is 22.6 Å². The normalized spacial score (nSPS) is 19.8. The van der Waals surface area contributed by atoms with Crippen LogP contribution >= 0.6 is 0 Å². The molecular formula is C18H21N3O4. The minimum absolute atomic E-state index is 0.150. The molecular weight excluding hydrogens is 322 g/mol. The average Bonchev–Trinajstić information content (AvgIpc) is 3.04. The summed E-state index contributed by atoms with van der Waals surface area (Å²) >= 11 is 0.